The second-order valence-electron chi connectivity index (χ2n) is 5.16. The molecule has 2 rings (SSSR count). The maximum atomic E-state index is 13.3. The zero-order chi connectivity index (χ0) is 16.3. The number of aryl methyl sites for hydroxylation is 1. The monoisotopic (exact) mass is 322 g/mol. The molecule has 0 fully saturated rings. The first-order valence-electron chi connectivity index (χ1n) is 6.87. The second-order valence-corrected chi connectivity index (χ2v) is 6.07. The maximum absolute atomic E-state index is 13.3. The lowest BCUT2D eigenvalue weighted by atomic mass is 10.2. The Hall–Kier alpha value is -1.89. The summed E-state index contributed by atoms with van der Waals surface area (Å²) in [5.74, 6) is 0.308. The van der Waals surface area contributed by atoms with Gasteiger partial charge in [0.15, 0.2) is 0 Å². The molecule has 0 saturated heterocycles. The molecule has 0 aliphatic heterocycles. The van der Waals surface area contributed by atoms with Crippen molar-refractivity contribution in [2.75, 3.05) is 24.0 Å². The highest BCUT2D eigenvalue weighted by Gasteiger charge is 2.21. The molecule has 2 aromatic rings. The van der Waals surface area contributed by atoms with Crippen molar-refractivity contribution < 1.29 is 9.18 Å². The number of anilines is 1. The molecule has 0 aliphatic carbocycles. The van der Waals surface area contributed by atoms with Crippen LogP contribution in [-0.4, -0.2) is 39.7 Å². The van der Waals surface area contributed by atoms with Crippen molar-refractivity contribution >= 4 is 23.4 Å². The van der Waals surface area contributed by atoms with E-state index in [1.165, 1.54) is 16.9 Å². The number of nitrogens with zero attached hydrogens (tertiary/aromatic N) is 4. The molecular formula is C15H19FN4OS. The summed E-state index contributed by atoms with van der Waals surface area (Å²) < 4.78 is 14.8. The first-order chi connectivity index (χ1) is 10.4. The van der Waals surface area contributed by atoms with Crippen LogP contribution in [0.15, 0.2) is 24.7 Å². The summed E-state index contributed by atoms with van der Waals surface area (Å²) in [5, 5.41) is 4.34. The average molecular weight is 322 g/mol. The number of aromatic nitrogens is 3. The summed E-state index contributed by atoms with van der Waals surface area (Å²) in [7, 11) is 1.73. The Kier molecular flexibility index (Phi) is 5.18. The average Bonchev–Trinajstić information content (AvgIpc) is 2.88. The van der Waals surface area contributed by atoms with Crippen LogP contribution < -0.4 is 4.90 Å². The molecule has 1 unspecified atom stereocenters. The predicted octanol–water partition coefficient (Wildman–Crippen LogP) is 2.68. The fraction of sp³-hybridized carbons (Fsp3) is 0.400. The zero-order valence-corrected chi connectivity index (χ0v) is 13.9. The van der Waals surface area contributed by atoms with Gasteiger partial charge in [0.25, 0.3) is 0 Å². The van der Waals surface area contributed by atoms with Crippen LogP contribution in [0.25, 0.3) is 5.69 Å². The lowest BCUT2D eigenvalue weighted by Crippen LogP contribution is -2.32. The minimum atomic E-state index is -0.426. The van der Waals surface area contributed by atoms with Gasteiger partial charge < -0.3 is 4.90 Å². The van der Waals surface area contributed by atoms with Gasteiger partial charge >= 0.3 is 0 Å². The molecule has 2 heterocycles. The van der Waals surface area contributed by atoms with Crippen molar-refractivity contribution in [2.45, 2.75) is 13.8 Å². The molecule has 7 heteroatoms. The molecule has 0 spiro atoms. The summed E-state index contributed by atoms with van der Waals surface area (Å²) in [5.41, 5.74) is 1.94. The Morgan fingerprint density at radius 1 is 1.50 bits per heavy atom. The van der Waals surface area contributed by atoms with E-state index in [9.17, 15) is 9.18 Å². The topological polar surface area (TPSA) is 51.0 Å². The summed E-state index contributed by atoms with van der Waals surface area (Å²) in [6, 6.07) is 1.35. The Balaban J connectivity index is 2.28. The van der Waals surface area contributed by atoms with Gasteiger partial charge in [-0.3, -0.25) is 9.78 Å². The molecule has 0 saturated carbocycles. The van der Waals surface area contributed by atoms with Gasteiger partial charge in [-0.05, 0) is 13.2 Å². The van der Waals surface area contributed by atoms with Crippen LogP contribution in [0.4, 0.5) is 10.1 Å². The first kappa shape index (κ1) is 16.5. The predicted molar refractivity (Wildman–Crippen MR) is 87.0 cm³/mol. The standard InChI is InChI=1S/C15H19FN4OS/c1-10(9-22-4)15(21)19(3)14-8-20(18-11(14)2)13-5-12(16)6-17-7-13/h5-8,10H,9H2,1-4H3. The van der Waals surface area contributed by atoms with E-state index in [0.29, 0.717) is 17.1 Å². The molecule has 5 nitrogen and oxygen atoms in total. The van der Waals surface area contributed by atoms with Crippen molar-refractivity contribution in [3.05, 3.63) is 36.2 Å². The summed E-state index contributed by atoms with van der Waals surface area (Å²) in [4.78, 5) is 17.8. The molecule has 0 bridgehead atoms. The number of amides is 1. The summed E-state index contributed by atoms with van der Waals surface area (Å²) in [6.07, 6.45) is 6.36. The fourth-order valence-electron chi connectivity index (χ4n) is 2.21. The van der Waals surface area contributed by atoms with Gasteiger partial charge in [-0.25, -0.2) is 9.07 Å². The minimum absolute atomic E-state index is 0.0365. The smallest absolute Gasteiger partial charge is 0.230 e. The summed E-state index contributed by atoms with van der Waals surface area (Å²) >= 11 is 1.64. The zero-order valence-electron chi connectivity index (χ0n) is 13.1. The van der Waals surface area contributed by atoms with E-state index in [0.717, 1.165) is 11.9 Å². The van der Waals surface area contributed by atoms with Gasteiger partial charge in [0.1, 0.15) is 5.82 Å². The normalized spacial score (nSPS) is 12.2. The Morgan fingerprint density at radius 2 is 2.23 bits per heavy atom. The lowest BCUT2D eigenvalue weighted by Gasteiger charge is -2.20. The van der Waals surface area contributed by atoms with Crippen LogP contribution in [0.1, 0.15) is 12.6 Å². The Labute approximate surface area is 133 Å². The van der Waals surface area contributed by atoms with E-state index >= 15 is 0 Å². The number of rotatable bonds is 5. The molecule has 0 radical (unpaired) electrons. The van der Waals surface area contributed by atoms with Gasteiger partial charge in [-0.15, -0.1) is 0 Å². The van der Waals surface area contributed by atoms with E-state index in [4.69, 9.17) is 0 Å². The van der Waals surface area contributed by atoms with E-state index in [-0.39, 0.29) is 11.8 Å². The van der Waals surface area contributed by atoms with Crippen LogP contribution in [0.5, 0.6) is 0 Å². The van der Waals surface area contributed by atoms with Gasteiger partial charge in [0.2, 0.25) is 5.91 Å². The van der Waals surface area contributed by atoms with Crippen molar-refractivity contribution in [1.82, 2.24) is 14.8 Å². The lowest BCUT2D eigenvalue weighted by molar-refractivity contribution is -0.120. The number of hydrogen-bond donors (Lipinski definition) is 0. The fourth-order valence-corrected chi connectivity index (χ4v) is 2.85. The minimum Gasteiger partial charge on any atom is -0.312 e. The van der Waals surface area contributed by atoms with Crippen molar-refractivity contribution in [1.29, 1.82) is 0 Å². The third-order valence-corrected chi connectivity index (χ3v) is 4.19. The molecular weight excluding hydrogens is 303 g/mol. The molecule has 22 heavy (non-hydrogen) atoms. The van der Waals surface area contributed by atoms with Crippen molar-refractivity contribution in [3.63, 3.8) is 0 Å². The maximum Gasteiger partial charge on any atom is 0.230 e. The molecule has 118 valence electrons. The van der Waals surface area contributed by atoms with Gasteiger partial charge in [-0.2, -0.15) is 16.9 Å². The molecule has 0 aromatic carbocycles. The van der Waals surface area contributed by atoms with E-state index in [1.807, 2.05) is 20.1 Å². The Bertz CT molecular complexity index is 673. The summed E-state index contributed by atoms with van der Waals surface area (Å²) in [6.45, 7) is 3.73. The number of hydrogen-bond acceptors (Lipinski definition) is 4. The number of pyridine rings is 1. The van der Waals surface area contributed by atoms with E-state index in [1.54, 1.807) is 29.9 Å². The molecule has 2 aromatic heterocycles. The van der Waals surface area contributed by atoms with E-state index < -0.39 is 5.82 Å². The van der Waals surface area contributed by atoms with Crippen LogP contribution in [0.3, 0.4) is 0 Å². The Morgan fingerprint density at radius 3 is 2.86 bits per heavy atom. The SMILES string of the molecule is CSCC(C)C(=O)N(C)c1cn(-c2cncc(F)c2)nc1C. The molecule has 0 N–H and O–H groups in total. The van der Waals surface area contributed by atoms with Crippen molar-refractivity contribution in [3.8, 4) is 5.69 Å². The highest BCUT2D eigenvalue weighted by atomic mass is 32.2. The number of carbonyl (C=O) groups is 1. The number of thioether (sulfide) groups is 1. The van der Waals surface area contributed by atoms with Gasteiger partial charge in [0, 0.05) is 24.8 Å². The van der Waals surface area contributed by atoms with Crippen LogP contribution >= 0.6 is 11.8 Å². The van der Waals surface area contributed by atoms with Crippen LogP contribution in [0.2, 0.25) is 0 Å². The van der Waals surface area contributed by atoms with Crippen LogP contribution in [0, 0.1) is 18.7 Å². The van der Waals surface area contributed by atoms with Gasteiger partial charge in [-0.1, -0.05) is 6.92 Å². The first-order valence-corrected chi connectivity index (χ1v) is 8.27. The highest BCUT2D eigenvalue weighted by Crippen LogP contribution is 2.22. The van der Waals surface area contributed by atoms with Crippen LogP contribution in [-0.2, 0) is 4.79 Å². The number of halogens is 1. The molecule has 1 amide bonds. The van der Waals surface area contributed by atoms with Gasteiger partial charge in [0.05, 0.1) is 35.7 Å². The third kappa shape index (κ3) is 3.47. The van der Waals surface area contributed by atoms with Crippen molar-refractivity contribution in [2.24, 2.45) is 5.92 Å². The van der Waals surface area contributed by atoms with E-state index in [2.05, 4.69) is 10.1 Å². The molecule has 0 aliphatic rings. The third-order valence-electron chi connectivity index (χ3n) is 3.36. The highest BCUT2D eigenvalue weighted by molar-refractivity contribution is 7.98. The molecule has 1 atom stereocenters. The second kappa shape index (κ2) is 6.91. The quantitative estimate of drug-likeness (QED) is 0.849. The number of carbonyl (C=O) groups excluding carboxylic acids is 1. The largest absolute Gasteiger partial charge is 0.312 e.